The minimum atomic E-state index is -1.43. The van der Waals surface area contributed by atoms with Crippen LogP contribution in [0.3, 0.4) is 0 Å². The molecule has 0 saturated carbocycles. The summed E-state index contributed by atoms with van der Waals surface area (Å²) in [7, 11) is 0. The third kappa shape index (κ3) is 7.69. The van der Waals surface area contributed by atoms with Crippen molar-refractivity contribution in [3.05, 3.63) is 64.2 Å². The number of carbonyl (C=O) groups is 5. The van der Waals surface area contributed by atoms with Gasteiger partial charge in [0.2, 0.25) is 11.8 Å². The van der Waals surface area contributed by atoms with E-state index in [4.69, 9.17) is 11.6 Å². The number of amides is 4. The average molecular weight is 545 g/mol. The number of piperidine rings is 1. The highest BCUT2D eigenvalue weighted by atomic mass is 35.5. The molecular weight excluding hydrogens is 516 g/mol. The molecule has 1 fully saturated rings. The van der Waals surface area contributed by atoms with Gasteiger partial charge in [-0.3, -0.25) is 19.2 Å². The number of hydrogen-bond donors (Lipinski definition) is 5. The Morgan fingerprint density at radius 3 is 2.50 bits per heavy atom. The van der Waals surface area contributed by atoms with E-state index in [0.717, 1.165) is 0 Å². The fraction of sp³-hybridized carbons (Fsp3) is 0.346. The van der Waals surface area contributed by atoms with Crippen molar-refractivity contribution in [2.24, 2.45) is 5.92 Å². The van der Waals surface area contributed by atoms with Gasteiger partial charge < -0.3 is 31.1 Å². The number of carbonyl (C=O) groups excluding carboxylic acids is 4. The Labute approximate surface area is 224 Å². The van der Waals surface area contributed by atoms with E-state index in [-0.39, 0.29) is 47.4 Å². The van der Waals surface area contributed by atoms with Crippen LogP contribution in [0.5, 0.6) is 5.75 Å². The fourth-order valence-electron chi connectivity index (χ4n) is 4.05. The summed E-state index contributed by atoms with van der Waals surface area (Å²) in [5, 5.41) is 26.6. The summed E-state index contributed by atoms with van der Waals surface area (Å²) < 4.78 is 0. The van der Waals surface area contributed by atoms with Crippen LogP contribution in [0.2, 0.25) is 5.02 Å². The van der Waals surface area contributed by atoms with Crippen LogP contribution in [0.4, 0.5) is 0 Å². The molecule has 0 radical (unpaired) electrons. The molecule has 38 heavy (non-hydrogen) atoms. The van der Waals surface area contributed by atoms with Crippen LogP contribution in [0.1, 0.15) is 46.0 Å². The van der Waals surface area contributed by atoms with Crippen molar-refractivity contribution < 1.29 is 34.2 Å². The van der Waals surface area contributed by atoms with E-state index < -0.39 is 35.7 Å². The number of halogens is 1. The van der Waals surface area contributed by atoms with Crippen molar-refractivity contribution in [1.82, 2.24) is 20.9 Å². The molecule has 3 rings (SSSR count). The van der Waals surface area contributed by atoms with E-state index >= 15 is 0 Å². The molecule has 4 amide bonds. The highest BCUT2D eigenvalue weighted by Gasteiger charge is 2.29. The molecule has 0 spiro atoms. The zero-order valence-electron chi connectivity index (χ0n) is 20.7. The van der Waals surface area contributed by atoms with E-state index in [2.05, 4.69) is 16.0 Å². The van der Waals surface area contributed by atoms with Gasteiger partial charge in [0, 0.05) is 38.7 Å². The highest BCUT2D eigenvalue weighted by molar-refractivity contribution is 6.34. The second-order valence-corrected chi connectivity index (χ2v) is 9.37. The minimum absolute atomic E-state index is 0.0434. The normalized spacial score (nSPS) is 15.7. The van der Waals surface area contributed by atoms with Crippen molar-refractivity contribution in [3.63, 3.8) is 0 Å². The minimum Gasteiger partial charge on any atom is -0.508 e. The number of aromatic hydroxyl groups is 1. The van der Waals surface area contributed by atoms with E-state index in [1.807, 2.05) is 0 Å². The van der Waals surface area contributed by atoms with Gasteiger partial charge in [-0.2, -0.15) is 0 Å². The van der Waals surface area contributed by atoms with Crippen molar-refractivity contribution in [2.45, 2.75) is 32.4 Å². The number of nitrogens with zero attached hydrogens (tertiary/aromatic N) is 1. The first-order valence-electron chi connectivity index (χ1n) is 12.0. The molecule has 11 nitrogen and oxygen atoms in total. The number of phenols is 1. The van der Waals surface area contributed by atoms with Gasteiger partial charge in [0.25, 0.3) is 11.8 Å². The molecule has 1 unspecified atom stereocenters. The lowest BCUT2D eigenvalue weighted by Crippen LogP contribution is -2.51. The lowest BCUT2D eigenvalue weighted by atomic mass is 9.97. The maximum Gasteiger partial charge on any atom is 0.328 e. The Bertz CT molecular complexity index is 1240. The molecule has 0 aliphatic carbocycles. The summed E-state index contributed by atoms with van der Waals surface area (Å²) in [4.78, 5) is 62.6. The SMILES string of the molecule is CC(=O)N1CCCC(C(=O)NC[C@H](NC(=O)c2ccc(C(=O)NCc3cccc(O)c3)cc2Cl)C(=O)O)C1. The Hall–Kier alpha value is -4.12. The summed E-state index contributed by atoms with van der Waals surface area (Å²) >= 11 is 6.21. The molecule has 202 valence electrons. The van der Waals surface area contributed by atoms with Crippen LogP contribution in [-0.4, -0.2) is 70.4 Å². The monoisotopic (exact) mass is 544 g/mol. The lowest BCUT2D eigenvalue weighted by Gasteiger charge is -2.31. The van der Waals surface area contributed by atoms with Crippen molar-refractivity contribution in [1.29, 1.82) is 0 Å². The van der Waals surface area contributed by atoms with Crippen molar-refractivity contribution >= 4 is 41.2 Å². The molecule has 2 aromatic rings. The molecule has 1 aliphatic heterocycles. The van der Waals surface area contributed by atoms with E-state index in [9.17, 15) is 34.2 Å². The first kappa shape index (κ1) is 28.5. The first-order valence-corrected chi connectivity index (χ1v) is 12.4. The summed E-state index contributed by atoms with van der Waals surface area (Å²) in [6.45, 7) is 2.06. The standard InChI is InChI=1S/C26H29ClN4O7/c1-15(32)31-9-3-5-18(14-31)24(35)29-13-22(26(37)38)30-25(36)20-8-7-17(11-21(20)27)23(34)28-12-16-4-2-6-19(33)10-16/h2,4,6-8,10-11,18,22,33H,3,5,9,12-14H2,1H3,(H,28,34)(H,29,35)(H,30,36)(H,37,38)/t18?,22-/m0/s1. The Kier molecular flexibility index (Phi) is 9.66. The number of aliphatic carboxylic acids is 1. The number of carboxylic acids is 1. The fourth-order valence-corrected chi connectivity index (χ4v) is 4.32. The van der Waals surface area contributed by atoms with Gasteiger partial charge in [-0.05, 0) is 48.7 Å². The third-order valence-electron chi connectivity index (χ3n) is 6.16. The van der Waals surface area contributed by atoms with Crippen LogP contribution in [0.15, 0.2) is 42.5 Å². The van der Waals surface area contributed by atoms with Gasteiger partial charge in [0.05, 0.1) is 16.5 Å². The lowest BCUT2D eigenvalue weighted by molar-refractivity contribution is -0.139. The highest BCUT2D eigenvalue weighted by Crippen LogP contribution is 2.19. The summed E-state index contributed by atoms with van der Waals surface area (Å²) in [6.07, 6.45) is 1.24. The summed E-state index contributed by atoms with van der Waals surface area (Å²) in [6, 6.07) is 8.94. The quantitative estimate of drug-likeness (QED) is 0.319. The Morgan fingerprint density at radius 2 is 1.84 bits per heavy atom. The molecule has 1 aliphatic rings. The van der Waals surface area contributed by atoms with Crippen molar-refractivity contribution in [3.8, 4) is 5.75 Å². The second kappa shape index (κ2) is 12.9. The number of phenolic OH excluding ortho intramolecular Hbond substituents is 1. The zero-order chi connectivity index (χ0) is 27.8. The van der Waals surface area contributed by atoms with Crippen LogP contribution in [0.25, 0.3) is 0 Å². The number of carboxylic acid groups (broad SMARTS) is 1. The molecule has 5 N–H and O–H groups in total. The molecule has 2 atom stereocenters. The number of rotatable bonds is 9. The van der Waals surface area contributed by atoms with Gasteiger partial charge in [-0.15, -0.1) is 0 Å². The summed E-state index contributed by atoms with van der Waals surface area (Å²) in [5.41, 5.74) is 0.825. The van der Waals surface area contributed by atoms with E-state index in [0.29, 0.717) is 24.9 Å². The maximum atomic E-state index is 12.7. The Balaban J connectivity index is 1.57. The third-order valence-corrected chi connectivity index (χ3v) is 6.47. The molecular formula is C26H29ClN4O7. The topological polar surface area (TPSA) is 165 Å². The molecule has 12 heteroatoms. The molecule has 0 aromatic heterocycles. The number of likely N-dealkylation sites (tertiary alicyclic amines) is 1. The zero-order valence-corrected chi connectivity index (χ0v) is 21.5. The molecule has 2 aromatic carbocycles. The van der Waals surface area contributed by atoms with Gasteiger partial charge in [-0.1, -0.05) is 23.7 Å². The molecule has 1 heterocycles. The van der Waals surface area contributed by atoms with Crippen LogP contribution in [-0.2, 0) is 20.9 Å². The van der Waals surface area contributed by atoms with Gasteiger partial charge >= 0.3 is 5.97 Å². The predicted molar refractivity (Wildman–Crippen MR) is 138 cm³/mol. The molecule has 0 bridgehead atoms. The van der Waals surface area contributed by atoms with Crippen LogP contribution in [0, 0.1) is 5.92 Å². The van der Waals surface area contributed by atoms with Gasteiger partial charge in [-0.25, -0.2) is 4.79 Å². The number of benzene rings is 2. The maximum absolute atomic E-state index is 12.7. The summed E-state index contributed by atoms with van der Waals surface area (Å²) in [5.74, 6) is -3.51. The first-order chi connectivity index (χ1) is 18.0. The second-order valence-electron chi connectivity index (χ2n) is 8.96. The average Bonchev–Trinajstić information content (AvgIpc) is 2.89. The number of hydrogen-bond acceptors (Lipinski definition) is 6. The smallest absolute Gasteiger partial charge is 0.328 e. The van der Waals surface area contributed by atoms with E-state index in [1.54, 1.807) is 17.0 Å². The Morgan fingerprint density at radius 1 is 1.08 bits per heavy atom. The van der Waals surface area contributed by atoms with E-state index in [1.165, 1.54) is 37.3 Å². The molecule has 1 saturated heterocycles. The van der Waals surface area contributed by atoms with Crippen LogP contribution < -0.4 is 16.0 Å². The number of nitrogens with one attached hydrogen (secondary N) is 3. The largest absolute Gasteiger partial charge is 0.508 e. The van der Waals surface area contributed by atoms with Gasteiger partial charge in [0.1, 0.15) is 11.8 Å². The van der Waals surface area contributed by atoms with Gasteiger partial charge in [0.15, 0.2) is 0 Å². The van der Waals surface area contributed by atoms with Crippen molar-refractivity contribution in [2.75, 3.05) is 19.6 Å². The van der Waals surface area contributed by atoms with Crippen LogP contribution >= 0.6 is 11.6 Å². The predicted octanol–water partition coefficient (Wildman–Crippen LogP) is 1.53.